The van der Waals surface area contributed by atoms with Crippen LogP contribution in [-0.2, 0) is 0 Å². The van der Waals surface area contributed by atoms with Crippen LogP contribution in [0.2, 0.25) is 0 Å². The van der Waals surface area contributed by atoms with Crippen LogP contribution >= 0.6 is 0 Å². The molecule has 0 aromatic carbocycles. The molecule has 0 N–H and O–H groups in total. The lowest BCUT2D eigenvalue weighted by Crippen LogP contribution is -2.34. The quantitative estimate of drug-likeness (QED) is 0.448. The average molecular weight is 317 g/mol. The Morgan fingerprint density at radius 1 is 0.696 bits per heavy atom. The van der Waals surface area contributed by atoms with Crippen LogP contribution in [0.4, 0.5) is 0 Å². The Hall–Kier alpha value is -0.260. The van der Waals surface area contributed by atoms with Crippen LogP contribution < -0.4 is 0 Å². The SMILES string of the molecule is C=CCCC1CC[C@@H]2C[C@H](C3CCC(CCC)CC3)CC[C@@H]2C1. The zero-order chi connectivity index (χ0) is 16.1. The van der Waals surface area contributed by atoms with Gasteiger partial charge in [-0.1, -0.05) is 45.1 Å². The second kappa shape index (κ2) is 8.72. The van der Waals surface area contributed by atoms with Gasteiger partial charge in [0.05, 0.1) is 0 Å². The molecule has 1 unspecified atom stereocenters. The van der Waals surface area contributed by atoms with Crippen LogP contribution in [-0.4, -0.2) is 0 Å². The molecule has 0 heterocycles. The summed E-state index contributed by atoms with van der Waals surface area (Å²) < 4.78 is 0. The van der Waals surface area contributed by atoms with Gasteiger partial charge in [0.25, 0.3) is 0 Å². The molecule has 0 aromatic heterocycles. The van der Waals surface area contributed by atoms with E-state index in [0.717, 1.165) is 35.5 Å². The van der Waals surface area contributed by atoms with Crippen LogP contribution in [0.3, 0.4) is 0 Å². The third-order valence-electron chi connectivity index (χ3n) is 7.80. The van der Waals surface area contributed by atoms with E-state index in [1.165, 1.54) is 32.1 Å². The van der Waals surface area contributed by atoms with E-state index in [9.17, 15) is 0 Å². The molecule has 0 spiro atoms. The standard InChI is InChI=1S/C23H40/c1-3-5-7-19-10-13-23-17-22(15-14-21(23)16-19)20-11-8-18(6-4-2)9-12-20/h3,18-23H,1,4-17H2,2H3/t18?,19?,20?,21-,22-,23-/m1/s1. The van der Waals surface area contributed by atoms with Crippen LogP contribution in [0.25, 0.3) is 0 Å². The zero-order valence-corrected chi connectivity index (χ0v) is 15.6. The first-order chi connectivity index (χ1) is 11.3. The normalized spacial score (nSPS) is 41.3. The third-order valence-corrected chi connectivity index (χ3v) is 7.80. The lowest BCUT2D eigenvalue weighted by Gasteiger charge is -2.45. The van der Waals surface area contributed by atoms with Gasteiger partial charge < -0.3 is 0 Å². The van der Waals surface area contributed by atoms with Crippen molar-refractivity contribution in [3.05, 3.63) is 12.7 Å². The minimum absolute atomic E-state index is 1.02. The minimum atomic E-state index is 1.02. The Morgan fingerprint density at radius 3 is 1.96 bits per heavy atom. The van der Waals surface area contributed by atoms with Gasteiger partial charge in [-0.05, 0) is 93.3 Å². The molecule has 3 fully saturated rings. The topological polar surface area (TPSA) is 0 Å². The van der Waals surface area contributed by atoms with E-state index >= 15 is 0 Å². The van der Waals surface area contributed by atoms with Crippen molar-refractivity contribution >= 4 is 0 Å². The van der Waals surface area contributed by atoms with Crippen LogP contribution in [0.15, 0.2) is 12.7 Å². The maximum atomic E-state index is 3.91. The molecule has 0 heteroatoms. The molecule has 0 amide bonds. The van der Waals surface area contributed by atoms with Crippen LogP contribution in [0, 0.1) is 35.5 Å². The van der Waals surface area contributed by atoms with Crippen molar-refractivity contribution in [1.82, 2.24) is 0 Å². The summed E-state index contributed by atoms with van der Waals surface area (Å²) in [7, 11) is 0. The largest absolute Gasteiger partial charge is 0.103 e. The summed E-state index contributed by atoms with van der Waals surface area (Å²) in [5.41, 5.74) is 0. The predicted molar refractivity (Wildman–Crippen MR) is 101 cm³/mol. The Labute approximate surface area is 145 Å². The number of hydrogen-bond acceptors (Lipinski definition) is 0. The lowest BCUT2D eigenvalue weighted by molar-refractivity contribution is 0.0582. The molecule has 4 atom stereocenters. The molecule has 3 rings (SSSR count). The van der Waals surface area contributed by atoms with Crippen LogP contribution in [0.5, 0.6) is 0 Å². The van der Waals surface area contributed by atoms with E-state index in [2.05, 4.69) is 19.6 Å². The Kier molecular flexibility index (Phi) is 6.66. The third kappa shape index (κ3) is 4.64. The van der Waals surface area contributed by atoms with Crippen molar-refractivity contribution in [1.29, 1.82) is 0 Å². The molecule has 3 aliphatic rings. The maximum absolute atomic E-state index is 3.91. The summed E-state index contributed by atoms with van der Waals surface area (Å²) in [4.78, 5) is 0. The summed E-state index contributed by atoms with van der Waals surface area (Å²) in [6.45, 7) is 6.26. The summed E-state index contributed by atoms with van der Waals surface area (Å²) >= 11 is 0. The second-order valence-corrected chi connectivity index (χ2v) is 9.21. The fourth-order valence-corrected chi connectivity index (χ4v) is 6.42. The number of hydrogen-bond donors (Lipinski definition) is 0. The molecule has 132 valence electrons. The van der Waals surface area contributed by atoms with E-state index in [4.69, 9.17) is 0 Å². The molecule has 0 saturated heterocycles. The van der Waals surface area contributed by atoms with Crippen molar-refractivity contribution in [3.63, 3.8) is 0 Å². The molecule has 23 heavy (non-hydrogen) atoms. The van der Waals surface area contributed by atoms with Gasteiger partial charge in [-0.2, -0.15) is 0 Å². The molecule has 0 bridgehead atoms. The monoisotopic (exact) mass is 316 g/mol. The fourth-order valence-electron chi connectivity index (χ4n) is 6.42. The molecular formula is C23H40. The van der Waals surface area contributed by atoms with Gasteiger partial charge in [-0.15, -0.1) is 6.58 Å². The van der Waals surface area contributed by atoms with Crippen molar-refractivity contribution in [3.8, 4) is 0 Å². The predicted octanol–water partition coefficient (Wildman–Crippen LogP) is 7.39. The molecule has 0 radical (unpaired) electrons. The van der Waals surface area contributed by atoms with Crippen molar-refractivity contribution < 1.29 is 0 Å². The highest BCUT2D eigenvalue weighted by Gasteiger charge is 2.38. The van der Waals surface area contributed by atoms with E-state index < -0.39 is 0 Å². The first-order valence-corrected chi connectivity index (χ1v) is 10.9. The molecule has 3 saturated carbocycles. The van der Waals surface area contributed by atoms with Gasteiger partial charge >= 0.3 is 0 Å². The summed E-state index contributed by atoms with van der Waals surface area (Å²) in [6, 6.07) is 0. The van der Waals surface area contributed by atoms with Gasteiger partial charge in [0, 0.05) is 0 Å². The zero-order valence-electron chi connectivity index (χ0n) is 15.6. The average Bonchev–Trinajstić information content (AvgIpc) is 2.60. The molecule has 0 aromatic rings. The van der Waals surface area contributed by atoms with Crippen molar-refractivity contribution in [2.24, 2.45) is 35.5 Å². The van der Waals surface area contributed by atoms with Gasteiger partial charge in [-0.25, -0.2) is 0 Å². The Morgan fingerprint density at radius 2 is 1.26 bits per heavy atom. The Bertz CT molecular complexity index is 349. The highest BCUT2D eigenvalue weighted by atomic mass is 14.4. The van der Waals surface area contributed by atoms with Gasteiger partial charge in [0.15, 0.2) is 0 Å². The smallest absolute Gasteiger partial charge is 0.0351 e. The Balaban J connectivity index is 1.43. The fraction of sp³-hybridized carbons (Fsp3) is 0.913. The molecular weight excluding hydrogens is 276 g/mol. The summed E-state index contributed by atoms with van der Waals surface area (Å²) in [5, 5.41) is 0. The minimum Gasteiger partial charge on any atom is -0.103 e. The molecule has 0 nitrogen and oxygen atoms in total. The molecule has 3 aliphatic carbocycles. The summed E-state index contributed by atoms with van der Waals surface area (Å²) in [5.74, 6) is 6.49. The van der Waals surface area contributed by atoms with E-state index in [0.29, 0.717) is 0 Å². The highest BCUT2D eigenvalue weighted by Crippen LogP contribution is 2.49. The maximum Gasteiger partial charge on any atom is -0.0351 e. The first kappa shape index (κ1) is 17.6. The first-order valence-electron chi connectivity index (χ1n) is 10.9. The number of fused-ring (bicyclic) bond motifs is 1. The van der Waals surface area contributed by atoms with Gasteiger partial charge in [0.1, 0.15) is 0 Å². The molecule has 0 aliphatic heterocycles. The van der Waals surface area contributed by atoms with E-state index in [1.807, 2.05) is 0 Å². The van der Waals surface area contributed by atoms with Crippen molar-refractivity contribution in [2.45, 2.75) is 96.8 Å². The number of allylic oxidation sites excluding steroid dienone is 1. The second-order valence-electron chi connectivity index (χ2n) is 9.21. The lowest BCUT2D eigenvalue weighted by atomic mass is 9.60. The van der Waals surface area contributed by atoms with Crippen molar-refractivity contribution in [2.75, 3.05) is 0 Å². The highest BCUT2D eigenvalue weighted by molar-refractivity contribution is 4.89. The van der Waals surface area contributed by atoms with Gasteiger partial charge in [0.2, 0.25) is 0 Å². The van der Waals surface area contributed by atoms with E-state index in [-0.39, 0.29) is 0 Å². The van der Waals surface area contributed by atoms with Crippen LogP contribution in [0.1, 0.15) is 96.8 Å². The van der Waals surface area contributed by atoms with E-state index in [1.54, 1.807) is 57.8 Å². The number of rotatable bonds is 6. The summed E-state index contributed by atoms with van der Waals surface area (Å²) in [6.07, 6.45) is 23.2. The van der Waals surface area contributed by atoms with Gasteiger partial charge in [-0.3, -0.25) is 0 Å².